The van der Waals surface area contributed by atoms with Gasteiger partial charge >= 0.3 is 0 Å². The van der Waals surface area contributed by atoms with Gasteiger partial charge in [-0.2, -0.15) is 0 Å². The normalized spacial score (nSPS) is 11.4. The lowest BCUT2D eigenvalue weighted by Crippen LogP contribution is -2.12. The molecule has 0 saturated carbocycles. The number of ether oxygens (including phenoxy) is 2. The van der Waals surface area contributed by atoms with Crippen molar-refractivity contribution < 1.29 is 22.7 Å². The van der Waals surface area contributed by atoms with Gasteiger partial charge in [-0.05, 0) is 47.9 Å². The Bertz CT molecular complexity index is 1450. The minimum atomic E-state index is -3.85. The van der Waals surface area contributed by atoms with Crippen LogP contribution in [-0.4, -0.2) is 28.4 Å². The molecule has 0 saturated heterocycles. The highest BCUT2D eigenvalue weighted by Gasteiger charge is 2.21. The first-order valence-corrected chi connectivity index (χ1v) is 12.2. The van der Waals surface area contributed by atoms with E-state index in [2.05, 4.69) is 12.6 Å². The Morgan fingerprint density at radius 1 is 0.939 bits per heavy atom. The second-order valence-electron chi connectivity index (χ2n) is 7.28. The number of ketones is 1. The Labute approximate surface area is 195 Å². The lowest BCUT2D eigenvalue weighted by Gasteiger charge is -2.15. The van der Waals surface area contributed by atoms with Crippen LogP contribution in [0, 0.1) is 0 Å². The molecule has 33 heavy (non-hydrogen) atoms. The smallest absolute Gasteiger partial charge is 0.238 e. The molecule has 4 rings (SSSR count). The van der Waals surface area contributed by atoms with Gasteiger partial charge in [0.2, 0.25) is 10.0 Å². The van der Waals surface area contributed by atoms with Gasteiger partial charge in [0.05, 0.1) is 19.1 Å². The van der Waals surface area contributed by atoms with Crippen molar-refractivity contribution in [2.75, 3.05) is 14.2 Å². The molecule has 4 aromatic rings. The second kappa shape index (κ2) is 8.82. The lowest BCUT2D eigenvalue weighted by molar-refractivity contribution is 0.105. The molecular formula is C25H21NO5S2. The molecule has 1 aromatic heterocycles. The van der Waals surface area contributed by atoms with Crippen LogP contribution in [0.5, 0.6) is 11.5 Å². The highest BCUT2D eigenvalue weighted by atomic mass is 32.2. The maximum absolute atomic E-state index is 13.2. The Hall–Kier alpha value is -3.46. The first kappa shape index (κ1) is 22.7. The number of Topliss-reactive ketones (excluding diaryl/α,β-unsaturated/α-hetero) is 1. The predicted octanol–water partition coefficient (Wildman–Crippen LogP) is 5.13. The van der Waals surface area contributed by atoms with Crippen LogP contribution in [0.25, 0.3) is 26.1 Å². The van der Waals surface area contributed by atoms with Crippen LogP contribution in [0.15, 0.2) is 78.2 Å². The number of carbonyl (C=O) groups is 1. The number of carbonyl (C=O) groups excluding carboxylic acids is 1. The number of primary sulfonamides is 1. The monoisotopic (exact) mass is 479 g/mol. The second-order valence-corrected chi connectivity index (χ2v) is 9.92. The van der Waals surface area contributed by atoms with Crippen LogP contribution in [-0.2, 0) is 10.0 Å². The molecule has 0 bridgehead atoms. The fraction of sp³-hybridized carbons (Fsp3) is 0.0800. The van der Waals surface area contributed by atoms with E-state index in [0.29, 0.717) is 17.1 Å². The number of sulfonamides is 1. The number of hydrogen-bond acceptors (Lipinski definition) is 6. The third-order valence-corrected chi connectivity index (χ3v) is 7.34. The molecule has 0 fully saturated rings. The Morgan fingerprint density at radius 3 is 2.21 bits per heavy atom. The minimum Gasteiger partial charge on any atom is -0.496 e. The van der Waals surface area contributed by atoms with Crippen LogP contribution in [0.1, 0.15) is 15.9 Å². The quantitative estimate of drug-likeness (QED) is 0.293. The molecule has 0 aliphatic heterocycles. The van der Waals surface area contributed by atoms with Gasteiger partial charge in [0.15, 0.2) is 5.78 Å². The van der Waals surface area contributed by atoms with E-state index < -0.39 is 10.0 Å². The minimum absolute atomic E-state index is 0.0706. The van der Waals surface area contributed by atoms with Crippen LogP contribution in [0.4, 0.5) is 0 Å². The highest BCUT2D eigenvalue weighted by molar-refractivity contribution is 7.89. The van der Waals surface area contributed by atoms with E-state index in [0.717, 1.165) is 20.5 Å². The van der Waals surface area contributed by atoms with Crippen molar-refractivity contribution in [2.24, 2.45) is 5.14 Å². The molecule has 0 aliphatic rings. The van der Waals surface area contributed by atoms with Gasteiger partial charge in [-0.15, -0.1) is 11.3 Å². The Morgan fingerprint density at radius 2 is 1.61 bits per heavy atom. The number of methoxy groups -OCH3 is 2. The predicted molar refractivity (Wildman–Crippen MR) is 132 cm³/mol. The van der Waals surface area contributed by atoms with Crippen LogP contribution in [0.2, 0.25) is 0 Å². The Kier molecular flexibility index (Phi) is 6.07. The summed E-state index contributed by atoms with van der Waals surface area (Å²) in [6, 6.07) is 19.1. The zero-order chi connectivity index (χ0) is 23.8. The summed E-state index contributed by atoms with van der Waals surface area (Å²) in [4.78, 5) is 14.1. The van der Waals surface area contributed by atoms with Gasteiger partial charge in [0.1, 0.15) is 11.5 Å². The van der Waals surface area contributed by atoms with Crippen molar-refractivity contribution in [3.8, 4) is 21.9 Å². The standard InChI is InChI=1S/C25H21NO5S2/c1-15(25(27)16-8-10-18(11-9-16)33(26,28)29)19-13-20(22(31-3)14-21(19)30-2)24-12-17-6-4-5-7-23(17)32-24/h4-14H,1H2,2-3H3,(H2,26,28,29). The molecule has 0 aliphatic carbocycles. The van der Waals surface area contributed by atoms with E-state index in [1.807, 2.05) is 30.3 Å². The maximum Gasteiger partial charge on any atom is 0.238 e. The highest BCUT2D eigenvalue weighted by Crippen LogP contribution is 2.43. The van der Waals surface area contributed by atoms with Crippen molar-refractivity contribution in [1.29, 1.82) is 0 Å². The van der Waals surface area contributed by atoms with Crippen LogP contribution >= 0.6 is 11.3 Å². The third-order valence-electron chi connectivity index (χ3n) is 5.26. The first-order valence-electron chi connectivity index (χ1n) is 9.84. The number of rotatable bonds is 7. The summed E-state index contributed by atoms with van der Waals surface area (Å²) >= 11 is 1.62. The summed E-state index contributed by atoms with van der Waals surface area (Å²) in [5.41, 5.74) is 1.83. The zero-order valence-corrected chi connectivity index (χ0v) is 19.6. The molecule has 1 heterocycles. The number of nitrogens with two attached hydrogens (primary N) is 1. The first-order chi connectivity index (χ1) is 15.7. The number of thiophene rings is 1. The van der Waals surface area contributed by atoms with Crippen molar-refractivity contribution >= 4 is 42.8 Å². The van der Waals surface area contributed by atoms with Gasteiger partial charge < -0.3 is 9.47 Å². The van der Waals surface area contributed by atoms with E-state index in [1.165, 1.54) is 31.4 Å². The van der Waals surface area contributed by atoms with Gasteiger partial charge in [0.25, 0.3) is 0 Å². The van der Waals surface area contributed by atoms with Crippen LogP contribution in [0.3, 0.4) is 0 Å². The average molecular weight is 480 g/mol. The number of allylic oxidation sites excluding steroid dienone is 1. The van der Waals surface area contributed by atoms with E-state index in [1.54, 1.807) is 24.5 Å². The van der Waals surface area contributed by atoms with E-state index in [-0.39, 0.29) is 21.8 Å². The summed E-state index contributed by atoms with van der Waals surface area (Å²) in [5, 5.41) is 6.25. The zero-order valence-electron chi connectivity index (χ0n) is 18.0. The summed E-state index contributed by atoms with van der Waals surface area (Å²) in [6.07, 6.45) is 0. The van der Waals surface area contributed by atoms with Crippen molar-refractivity contribution in [3.63, 3.8) is 0 Å². The molecule has 6 nitrogen and oxygen atoms in total. The van der Waals surface area contributed by atoms with Crippen LogP contribution < -0.4 is 14.6 Å². The summed E-state index contributed by atoms with van der Waals surface area (Å²) in [5.74, 6) is 0.692. The van der Waals surface area contributed by atoms with Gasteiger partial charge in [-0.25, -0.2) is 13.6 Å². The largest absolute Gasteiger partial charge is 0.496 e. The molecule has 8 heteroatoms. The molecular weight excluding hydrogens is 458 g/mol. The molecule has 168 valence electrons. The molecule has 0 atom stereocenters. The Balaban J connectivity index is 1.78. The average Bonchev–Trinajstić information content (AvgIpc) is 3.26. The molecule has 0 unspecified atom stereocenters. The van der Waals surface area contributed by atoms with Crippen molar-refractivity contribution in [3.05, 3.63) is 84.4 Å². The molecule has 0 amide bonds. The maximum atomic E-state index is 13.2. The summed E-state index contributed by atoms with van der Waals surface area (Å²) in [6.45, 7) is 4.00. The van der Waals surface area contributed by atoms with E-state index in [4.69, 9.17) is 14.6 Å². The third kappa shape index (κ3) is 4.41. The lowest BCUT2D eigenvalue weighted by atomic mass is 9.95. The fourth-order valence-electron chi connectivity index (χ4n) is 3.53. The molecule has 2 N–H and O–H groups in total. The molecule has 3 aromatic carbocycles. The number of hydrogen-bond donors (Lipinski definition) is 1. The SMILES string of the molecule is C=C(C(=O)c1ccc(S(N)(=O)=O)cc1)c1cc(-c2cc3ccccc3s2)c(OC)cc1OC. The van der Waals surface area contributed by atoms with Crippen molar-refractivity contribution in [1.82, 2.24) is 0 Å². The van der Waals surface area contributed by atoms with Crippen molar-refractivity contribution in [2.45, 2.75) is 4.90 Å². The van der Waals surface area contributed by atoms with Gasteiger partial charge in [-0.3, -0.25) is 4.79 Å². The number of benzene rings is 3. The molecule has 0 spiro atoms. The van der Waals surface area contributed by atoms with Gasteiger partial charge in [-0.1, -0.05) is 24.8 Å². The fourth-order valence-corrected chi connectivity index (χ4v) is 5.13. The number of fused-ring (bicyclic) bond motifs is 1. The molecule has 0 radical (unpaired) electrons. The summed E-state index contributed by atoms with van der Waals surface area (Å²) in [7, 11) is -0.758. The summed E-state index contributed by atoms with van der Waals surface area (Å²) < 4.78 is 35.3. The van der Waals surface area contributed by atoms with E-state index >= 15 is 0 Å². The van der Waals surface area contributed by atoms with Gasteiger partial charge in [0, 0.05) is 37.9 Å². The van der Waals surface area contributed by atoms with E-state index in [9.17, 15) is 13.2 Å². The topological polar surface area (TPSA) is 95.7 Å².